The van der Waals surface area contributed by atoms with E-state index in [1.54, 1.807) is 23.1 Å². The van der Waals surface area contributed by atoms with Gasteiger partial charge in [0.15, 0.2) is 0 Å². The predicted octanol–water partition coefficient (Wildman–Crippen LogP) is 3.61. The number of hydrogen-bond acceptors (Lipinski definition) is 7. The van der Waals surface area contributed by atoms with Gasteiger partial charge in [-0.3, -0.25) is 19.2 Å². The smallest absolute Gasteiger partial charge is 0.315 e. The monoisotopic (exact) mass is 768 g/mol. The second-order valence-electron chi connectivity index (χ2n) is 17.4. The molecular weight excluding hydrogens is 709 g/mol. The molecule has 0 bridgehead atoms. The van der Waals surface area contributed by atoms with Crippen LogP contribution >= 0.6 is 0 Å². The summed E-state index contributed by atoms with van der Waals surface area (Å²) < 4.78 is 28.0. The third kappa shape index (κ3) is 8.85. The number of nitrogens with zero attached hydrogens (tertiary/aromatic N) is 2. The molecule has 13 nitrogen and oxygen atoms in total. The number of nitrogens with one attached hydrogen (secondary N) is 4. The van der Waals surface area contributed by atoms with Crippen LogP contribution in [0.5, 0.6) is 0 Å². The third-order valence-corrected chi connectivity index (χ3v) is 14.3. The Bertz CT molecular complexity index is 1680. The number of likely N-dealkylation sites (N-methyl/N-ethyl adjacent to an activating group) is 1. The maximum atomic E-state index is 14.7. The molecule has 0 aromatic heterocycles. The van der Waals surface area contributed by atoms with Gasteiger partial charge in [-0.2, -0.15) is 4.31 Å². The van der Waals surface area contributed by atoms with Crippen molar-refractivity contribution in [1.29, 1.82) is 0 Å². The second-order valence-corrected chi connectivity index (χ2v) is 19.5. The maximum Gasteiger partial charge on any atom is 0.315 e. The van der Waals surface area contributed by atoms with E-state index in [4.69, 9.17) is 0 Å². The summed E-state index contributed by atoms with van der Waals surface area (Å²) >= 11 is 0. The minimum Gasteiger partial charge on any atom is -0.346 e. The van der Waals surface area contributed by atoms with Crippen molar-refractivity contribution >= 4 is 39.6 Å². The molecule has 0 radical (unpaired) electrons. The highest BCUT2D eigenvalue weighted by Crippen LogP contribution is 2.65. The highest BCUT2D eigenvalue weighted by atomic mass is 32.2. The number of likely N-dealkylation sites (tertiary alicyclic amines) is 1. The fraction of sp³-hybridized carbons (Fsp3) is 0.675. The van der Waals surface area contributed by atoms with Gasteiger partial charge in [0.25, 0.3) is 5.91 Å². The fourth-order valence-corrected chi connectivity index (χ4v) is 9.85. The first-order valence-corrected chi connectivity index (χ1v) is 21.0. The van der Waals surface area contributed by atoms with Crippen molar-refractivity contribution < 1.29 is 32.4 Å². The number of amides is 5. The van der Waals surface area contributed by atoms with Crippen LogP contribution in [0.15, 0.2) is 47.9 Å². The molecule has 1 saturated heterocycles. The Hall–Kier alpha value is -3.78. The molecule has 1 aliphatic heterocycles. The van der Waals surface area contributed by atoms with Crippen LogP contribution in [0.3, 0.4) is 0 Å². The van der Waals surface area contributed by atoms with Gasteiger partial charge in [0.2, 0.25) is 27.6 Å². The molecule has 4 fully saturated rings. The molecule has 54 heavy (non-hydrogen) atoms. The molecule has 6 atom stereocenters. The van der Waals surface area contributed by atoms with E-state index < -0.39 is 63.2 Å². The van der Waals surface area contributed by atoms with Crippen LogP contribution in [0.4, 0.5) is 4.79 Å². The molecular formula is C40H60N6O7S. The van der Waals surface area contributed by atoms with Gasteiger partial charge in [-0.05, 0) is 72.3 Å². The summed E-state index contributed by atoms with van der Waals surface area (Å²) in [6.45, 7) is 13.9. The lowest BCUT2D eigenvalue weighted by molar-refractivity contribution is -0.145. The number of Topliss-reactive ketones (excluding diaryl/α,β-unsaturated/α-hetero) is 1. The highest BCUT2D eigenvalue weighted by molar-refractivity contribution is 7.89. The van der Waals surface area contributed by atoms with E-state index in [1.165, 1.54) is 29.6 Å². The number of rotatable bonds is 15. The lowest BCUT2D eigenvalue weighted by Gasteiger charge is -2.39. The van der Waals surface area contributed by atoms with Crippen LogP contribution in [0, 0.1) is 34.5 Å². The van der Waals surface area contributed by atoms with E-state index in [0.717, 1.165) is 38.5 Å². The number of benzene rings is 1. The molecule has 5 amide bonds. The number of ketones is 1. The first-order valence-electron chi connectivity index (χ1n) is 19.5. The van der Waals surface area contributed by atoms with Crippen molar-refractivity contribution in [2.24, 2.45) is 34.5 Å². The van der Waals surface area contributed by atoms with Gasteiger partial charge in [0.05, 0.1) is 4.90 Å². The average Bonchev–Trinajstić information content (AvgIpc) is 3.41. The van der Waals surface area contributed by atoms with Gasteiger partial charge in [-0.15, -0.1) is 6.58 Å². The van der Waals surface area contributed by atoms with Gasteiger partial charge in [-0.25, -0.2) is 13.2 Å². The van der Waals surface area contributed by atoms with Crippen molar-refractivity contribution in [3.05, 3.63) is 43.0 Å². The first kappa shape index (κ1) is 41.4. The maximum absolute atomic E-state index is 14.7. The Balaban J connectivity index is 1.35. The van der Waals surface area contributed by atoms with E-state index in [9.17, 15) is 32.4 Å². The number of fused-ring (bicyclic) bond motifs is 1. The zero-order valence-electron chi connectivity index (χ0n) is 32.7. The topological polar surface area (TPSA) is 174 Å². The summed E-state index contributed by atoms with van der Waals surface area (Å²) in [5.74, 6) is -2.66. The first-order chi connectivity index (χ1) is 25.4. The molecule has 4 N–H and O–H groups in total. The summed E-state index contributed by atoms with van der Waals surface area (Å²) in [7, 11) is -2.35. The molecule has 1 unspecified atom stereocenters. The standard InChI is InChI=1S/C40H60N6O7S/c1-8-22-41-36(49)34(47)31(25-18-15-19-25)43-35(48)33-30-28(40(30,5)6)23-46(33)37(50)32(26-16-11-9-12-17-26)44-38(51)42-29(39(2,3)4)24-45(7)54(52,53)27-20-13-10-14-21-27/h8,10,13-14,20-21,25-26,28-33H,1,9,11-12,15-19,22-24H2,2-7H3,(H,41,49)(H,43,48)(H2,42,44,51)/t28-,29+,30-,31?,32-,33-/m0/s1. The Morgan fingerprint density at radius 1 is 0.926 bits per heavy atom. The van der Waals surface area contributed by atoms with Crippen LogP contribution in [-0.2, 0) is 29.2 Å². The Morgan fingerprint density at radius 3 is 2.11 bits per heavy atom. The fourth-order valence-electron chi connectivity index (χ4n) is 8.65. The molecule has 5 rings (SSSR count). The molecule has 1 aromatic rings. The zero-order chi connectivity index (χ0) is 39.6. The summed E-state index contributed by atoms with van der Waals surface area (Å²) in [5, 5.41) is 11.4. The van der Waals surface area contributed by atoms with Crippen molar-refractivity contribution in [2.75, 3.05) is 26.7 Å². The summed E-state index contributed by atoms with van der Waals surface area (Å²) in [5.41, 5.74) is -0.753. The quantitative estimate of drug-likeness (QED) is 0.156. The molecule has 1 heterocycles. The van der Waals surface area contributed by atoms with Crippen molar-refractivity contribution in [2.45, 2.75) is 115 Å². The third-order valence-electron chi connectivity index (χ3n) is 12.5. The molecule has 4 aliphatic rings. The SMILES string of the molecule is C=CCNC(=O)C(=O)C(NC(=O)[C@@H]1[C@@H]2[C@H](CN1C(=O)[C@@H](NC(=O)N[C@H](CN(C)S(=O)(=O)c1ccccc1)C(C)(C)C)C1CCCCC1)C2(C)C)C1CCC1. The Kier molecular flexibility index (Phi) is 12.7. The van der Waals surface area contributed by atoms with Crippen molar-refractivity contribution in [3.8, 4) is 0 Å². The lowest BCUT2D eigenvalue weighted by atomic mass is 9.77. The van der Waals surface area contributed by atoms with Crippen molar-refractivity contribution in [3.63, 3.8) is 0 Å². The molecule has 3 saturated carbocycles. The van der Waals surface area contributed by atoms with Gasteiger partial charge in [0.1, 0.15) is 18.1 Å². The van der Waals surface area contributed by atoms with Gasteiger partial charge in [-0.1, -0.05) is 84.6 Å². The predicted molar refractivity (Wildman–Crippen MR) is 205 cm³/mol. The summed E-state index contributed by atoms with van der Waals surface area (Å²) in [6.07, 6.45) is 8.12. The normalized spacial score (nSPS) is 24.3. The van der Waals surface area contributed by atoms with E-state index in [1.807, 2.05) is 20.8 Å². The molecule has 0 spiro atoms. The summed E-state index contributed by atoms with van der Waals surface area (Å²) in [6, 6.07) is 4.14. The Labute approximate surface area is 320 Å². The lowest BCUT2D eigenvalue weighted by Crippen LogP contribution is -2.62. The molecule has 298 valence electrons. The van der Waals surface area contributed by atoms with Crippen LogP contribution in [-0.4, -0.2) is 98.0 Å². The summed E-state index contributed by atoms with van der Waals surface area (Å²) in [4.78, 5) is 70.7. The minimum atomic E-state index is -3.83. The van der Waals surface area contributed by atoms with E-state index in [-0.39, 0.29) is 53.0 Å². The van der Waals surface area contributed by atoms with Crippen LogP contribution in [0.1, 0.15) is 86.0 Å². The number of urea groups is 1. The number of carbonyl (C=O) groups is 5. The van der Waals surface area contributed by atoms with Crippen LogP contribution in [0.2, 0.25) is 0 Å². The van der Waals surface area contributed by atoms with Gasteiger partial charge < -0.3 is 26.2 Å². The van der Waals surface area contributed by atoms with Crippen LogP contribution < -0.4 is 21.3 Å². The van der Waals surface area contributed by atoms with E-state index in [2.05, 4.69) is 41.7 Å². The van der Waals surface area contributed by atoms with Crippen LogP contribution in [0.25, 0.3) is 0 Å². The second kappa shape index (κ2) is 16.5. The van der Waals surface area contributed by atoms with E-state index in [0.29, 0.717) is 19.4 Å². The van der Waals surface area contributed by atoms with Gasteiger partial charge in [0, 0.05) is 32.7 Å². The average molecular weight is 769 g/mol. The van der Waals surface area contributed by atoms with Gasteiger partial charge >= 0.3 is 6.03 Å². The van der Waals surface area contributed by atoms with E-state index >= 15 is 0 Å². The largest absolute Gasteiger partial charge is 0.346 e. The molecule has 3 aliphatic carbocycles. The minimum absolute atomic E-state index is 0.00447. The number of sulfonamides is 1. The number of hydrogen-bond donors (Lipinski definition) is 4. The molecule has 1 aromatic carbocycles. The molecule has 14 heteroatoms. The Morgan fingerprint density at radius 2 is 1.54 bits per heavy atom. The highest BCUT2D eigenvalue weighted by Gasteiger charge is 2.70. The zero-order valence-corrected chi connectivity index (χ0v) is 33.5. The number of piperidine rings is 1. The number of carbonyl (C=O) groups excluding carboxylic acids is 5. The van der Waals surface area contributed by atoms with Crippen molar-refractivity contribution in [1.82, 2.24) is 30.5 Å².